The molecule has 3 aromatic rings. The summed E-state index contributed by atoms with van der Waals surface area (Å²) in [5.74, 6) is 1.07. The third-order valence-electron chi connectivity index (χ3n) is 4.13. The maximum absolute atomic E-state index is 12.3. The smallest absolute Gasteiger partial charge is 0.316 e. The minimum absolute atomic E-state index is 0.135. The number of amides is 3. The predicted octanol–water partition coefficient (Wildman–Crippen LogP) is 3.21. The van der Waals surface area contributed by atoms with Crippen LogP contribution in [0, 0.1) is 0 Å². The van der Waals surface area contributed by atoms with Crippen molar-refractivity contribution in [3.63, 3.8) is 0 Å². The molecule has 10 heteroatoms. The van der Waals surface area contributed by atoms with Crippen LogP contribution in [0.2, 0.25) is 0 Å². The Morgan fingerprint density at radius 1 is 1.13 bits per heavy atom. The molecular formula is C20H21N5O4S. The largest absolute Gasteiger partial charge is 0.497 e. The minimum Gasteiger partial charge on any atom is -0.497 e. The molecule has 4 N–H and O–H groups in total. The van der Waals surface area contributed by atoms with Gasteiger partial charge in [0.15, 0.2) is 0 Å². The number of thioether (sulfide) groups is 1. The topological polar surface area (TPSA) is 132 Å². The number of rotatable bonds is 8. The lowest BCUT2D eigenvalue weighted by Gasteiger charge is -2.14. The maximum atomic E-state index is 12.3. The van der Waals surface area contributed by atoms with Crippen molar-refractivity contribution in [2.24, 2.45) is 5.73 Å². The second-order valence-corrected chi connectivity index (χ2v) is 7.22. The molecule has 3 amide bonds. The van der Waals surface area contributed by atoms with Crippen LogP contribution in [0.25, 0.3) is 11.5 Å². The zero-order valence-corrected chi connectivity index (χ0v) is 17.2. The van der Waals surface area contributed by atoms with Crippen LogP contribution in [0.5, 0.6) is 5.75 Å². The van der Waals surface area contributed by atoms with Gasteiger partial charge in [-0.25, -0.2) is 4.79 Å². The van der Waals surface area contributed by atoms with Crippen LogP contribution in [0.1, 0.15) is 18.5 Å². The summed E-state index contributed by atoms with van der Waals surface area (Å²) in [5.41, 5.74) is 7.33. The molecular weight excluding hydrogens is 406 g/mol. The molecule has 0 saturated heterocycles. The summed E-state index contributed by atoms with van der Waals surface area (Å²) < 4.78 is 10.7. The lowest BCUT2D eigenvalue weighted by Crippen LogP contribution is -2.28. The number of hydrogen-bond acceptors (Lipinski definition) is 7. The van der Waals surface area contributed by atoms with Crippen LogP contribution in [0.15, 0.2) is 58.2 Å². The SMILES string of the molecule is COc1ccc(-c2nnc(SCC(=O)NC(C)c3ccc(NC(N)=O)cc3)o2)cc1. The Morgan fingerprint density at radius 2 is 1.83 bits per heavy atom. The number of carbonyl (C=O) groups is 2. The van der Waals surface area contributed by atoms with Crippen LogP contribution in [-0.2, 0) is 4.79 Å². The van der Waals surface area contributed by atoms with Crippen molar-refractivity contribution in [2.45, 2.75) is 18.2 Å². The first-order chi connectivity index (χ1) is 14.4. The number of carbonyl (C=O) groups excluding carboxylic acids is 2. The fourth-order valence-electron chi connectivity index (χ4n) is 2.61. The summed E-state index contributed by atoms with van der Waals surface area (Å²) in [5, 5.41) is 13.7. The molecule has 0 radical (unpaired) electrons. The number of aromatic nitrogens is 2. The molecule has 3 rings (SSSR count). The number of nitrogens with one attached hydrogen (secondary N) is 2. The zero-order chi connectivity index (χ0) is 21.5. The van der Waals surface area contributed by atoms with Gasteiger partial charge in [0.05, 0.1) is 18.9 Å². The molecule has 9 nitrogen and oxygen atoms in total. The summed E-state index contributed by atoms with van der Waals surface area (Å²) in [6, 6.07) is 13.5. The maximum Gasteiger partial charge on any atom is 0.316 e. The van der Waals surface area contributed by atoms with Crippen molar-refractivity contribution in [3.8, 4) is 17.2 Å². The van der Waals surface area contributed by atoms with Gasteiger partial charge in [-0.05, 0) is 48.9 Å². The summed E-state index contributed by atoms with van der Waals surface area (Å²) in [4.78, 5) is 23.1. The molecule has 1 aromatic heterocycles. The van der Waals surface area contributed by atoms with Gasteiger partial charge in [-0.3, -0.25) is 4.79 Å². The summed E-state index contributed by atoms with van der Waals surface area (Å²) in [6.45, 7) is 1.87. The average Bonchev–Trinajstić information content (AvgIpc) is 3.21. The summed E-state index contributed by atoms with van der Waals surface area (Å²) in [6.07, 6.45) is 0. The standard InChI is InChI=1S/C20H21N5O4S/c1-12(13-3-7-15(8-4-13)23-19(21)27)22-17(26)11-30-20-25-24-18(29-20)14-5-9-16(28-2)10-6-14/h3-10,12H,11H2,1-2H3,(H,22,26)(H3,21,23,27). The van der Waals surface area contributed by atoms with E-state index in [1.807, 2.05) is 31.2 Å². The Hall–Kier alpha value is -3.53. The highest BCUT2D eigenvalue weighted by Crippen LogP contribution is 2.25. The van der Waals surface area contributed by atoms with Crippen molar-refractivity contribution < 1.29 is 18.7 Å². The van der Waals surface area contributed by atoms with Crippen LogP contribution < -0.4 is 21.1 Å². The molecule has 156 valence electrons. The number of benzene rings is 2. The van der Waals surface area contributed by atoms with Gasteiger partial charge in [0, 0.05) is 11.3 Å². The molecule has 1 unspecified atom stereocenters. The van der Waals surface area contributed by atoms with E-state index in [0.717, 1.165) is 28.6 Å². The molecule has 0 aliphatic rings. The van der Waals surface area contributed by atoms with Gasteiger partial charge < -0.3 is 25.5 Å². The van der Waals surface area contributed by atoms with Gasteiger partial charge in [0.25, 0.3) is 5.22 Å². The highest BCUT2D eigenvalue weighted by Gasteiger charge is 2.14. The van der Waals surface area contributed by atoms with Gasteiger partial charge >= 0.3 is 6.03 Å². The number of nitrogens with zero attached hydrogens (tertiary/aromatic N) is 2. The predicted molar refractivity (Wildman–Crippen MR) is 113 cm³/mol. The van der Waals surface area contributed by atoms with E-state index >= 15 is 0 Å². The molecule has 2 aromatic carbocycles. The van der Waals surface area contributed by atoms with E-state index < -0.39 is 6.03 Å². The minimum atomic E-state index is -0.628. The lowest BCUT2D eigenvalue weighted by molar-refractivity contribution is -0.119. The van der Waals surface area contributed by atoms with Crippen molar-refractivity contribution in [1.82, 2.24) is 15.5 Å². The Morgan fingerprint density at radius 3 is 2.47 bits per heavy atom. The molecule has 1 heterocycles. The molecule has 0 spiro atoms. The number of anilines is 1. The Bertz CT molecular complexity index is 1000. The average molecular weight is 427 g/mol. The second-order valence-electron chi connectivity index (χ2n) is 6.29. The summed E-state index contributed by atoms with van der Waals surface area (Å²) in [7, 11) is 1.60. The van der Waals surface area contributed by atoms with Crippen molar-refractivity contribution in [3.05, 3.63) is 54.1 Å². The van der Waals surface area contributed by atoms with Crippen molar-refractivity contribution in [1.29, 1.82) is 0 Å². The molecule has 1 atom stereocenters. The van der Waals surface area contributed by atoms with Gasteiger partial charge in [-0.1, -0.05) is 23.9 Å². The molecule has 0 bridgehead atoms. The van der Waals surface area contributed by atoms with E-state index in [1.54, 1.807) is 31.4 Å². The van der Waals surface area contributed by atoms with Crippen LogP contribution >= 0.6 is 11.8 Å². The molecule has 0 aliphatic carbocycles. The van der Waals surface area contributed by atoms with Crippen LogP contribution in [-0.4, -0.2) is 35.0 Å². The number of urea groups is 1. The lowest BCUT2D eigenvalue weighted by atomic mass is 10.1. The van der Waals surface area contributed by atoms with Gasteiger partial charge in [0.2, 0.25) is 11.8 Å². The number of ether oxygens (including phenoxy) is 1. The van der Waals surface area contributed by atoms with E-state index in [-0.39, 0.29) is 17.7 Å². The zero-order valence-electron chi connectivity index (χ0n) is 16.4. The van der Waals surface area contributed by atoms with E-state index in [1.165, 1.54) is 0 Å². The second kappa shape index (κ2) is 9.79. The van der Waals surface area contributed by atoms with Gasteiger partial charge in [-0.2, -0.15) is 0 Å². The van der Waals surface area contributed by atoms with Gasteiger partial charge in [-0.15, -0.1) is 10.2 Å². The Labute approximate surface area is 177 Å². The molecule has 0 saturated carbocycles. The first-order valence-corrected chi connectivity index (χ1v) is 9.99. The molecule has 0 aliphatic heterocycles. The normalized spacial score (nSPS) is 11.5. The highest BCUT2D eigenvalue weighted by molar-refractivity contribution is 7.99. The number of methoxy groups -OCH3 is 1. The highest BCUT2D eigenvalue weighted by atomic mass is 32.2. The monoisotopic (exact) mass is 427 g/mol. The first kappa shape index (κ1) is 21.2. The van der Waals surface area contributed by atoms with Gasteiger partial charge in [0.1, 0.15) is 5.75 Å². The fourth-order valence-corrected chi connectivity index (χ4v) is 3.18. The first-order valence-electron chi connectivity index (χ1n) is 9.01. The molecule has 0 fully saturated rings. The van der Waals surface area contributed by atoms with Crippen molar-refractivity contribution >= 4 is 29.4 Å². The van der Waals surface area contributed by atoms with E-state index in [9.17, 15) is 9.59 Å². The van der Waals surface area contributed by atoms with Crippen LogP contribution in [0.4, 0.5) is 10.5 Å². The van der Waals surface area contributed by atoms with Crippen LogP contribution in [0.3, 0.4) is 0 Å². The third-order valence-corrected chi connectivity index (χ3v) is 4.94. The van der Waals surface area contributed by atoms with E-state index in [4.69, 9.17) is 14.9 Å². The van der Waals surface area contributed by atoms with E-state index in [2.05, 4.69) is 20.8 Å². The Kier molecular flexibility index (Phi) is 6.91. The van der Waals surface area contributed by atoms with E-state index in [0.29, 0.717) is 16.8 Å². The fraction of sp³-hybridized carbons (Fsp3) is 0.200. The number of nitrogens with two attached hydrogens (primary N) is 1. The molecule has 30 heavy (non-hydrogen) atoms. The Balaban J connectivity index is 1.50. The summed E-state index contributed by atoms with van der Waals surface area (Å²) >= 11 is 1.16. The van der Waals surface area contributed by atoms with Crippen molar-refractivity contribution in [2.75, 3.05) is 18.2 Å². The number of hydrogen-bond donors (Lipinski definition) is 3. The third kappa shape index (κ3) is 5.74. The quantitative estimate of drug-likeness (QED) is 0.470. The number of primary amides is 1.